The molecule has 1 aliphatic rings. The molecule has 5 nitrogen and oxygen atoms in total. The summed E-state index contributed by atoms with van der Waals surface area (Å²) in [5.74, 6) is 0. The van der Waals surface area contributed by atoms with Gasteiger partial charge in [-0.1, -0.05) is 18.1 Å². The van der Waals surface area contributed by atoms with Crippen molar-refractivity contribution in [3.05, 3.63) is 11.6 Å². The lowest BCUT2D eigenvalue weighted by Crippen LogP contribution is -2.37. The van der Waals surface area contributed by atoms with Crippen LogP contribution in [0.5, 0.6) is 0 Å². The molecule has 6 heteroatoms. The highest BCUT2D eigenvalue weighted by Gasteiger charge is 2.21. The highest BCUT2D eigenvalue weighted by atomic mass is 31.2. The van der Waals surface area contributed by atoms with E-state index in [9.17, 15) is 9.46 Å². The lowest BCUT2D eigenvalue weighted by atomic mass is 9.94. The zero-order valence-corrected chi connectivity index (χ0v) is 13.9. The van der Waals surface area contributed by atoms with Crippen molar-refractivity contribution in [3.8, 4) is 0 Å². The monoisotopic (exact) mass is 306 g/mol. The molecule has 1 fully saturated rings. The van der Waals surface area contributed by atoms with E-state index in [4.69, 9.17) is 9.05 Å². The van der Waals surface area contributed by atoms with Crippen LogP contribution in [0.1, 0.15) is 38.5 Å². The highest BCUT2D eigenvalue weighted by Crippen LogP contribution is 2.43. The van der Waals surface area contributed by atoms with Gasteiger partial charge in [0.05, 0.1) is 27.7 Å². The van der Waals surface area contributed by atoms with E-state index in [2.05, 4.69) is 6.08 Å². The minimum atomic E-state index is -3.89. The van der Waals surface area contributed by atoms with Gasteiger partial charge in [0.1, 0.15) is 13.2 Å². The van der Waals surface area contributed by atoms with Gasteiger partial charge in [-0.3, -0.25) is 9.05 Å². The number of nitrogens with zero attached hydrogens (tertiary/aromatic N) is 1. The van der Waals surface area contributed by atoms with Crippen molar-refractivity contribution >= 4 is 7.82 Å². The fourth-order valence-corrected chi connectivity index (χ4v) is 2.83. The van der Waals surface area contributed by atoms with Crippen LogP contribution in [0.4, 0.5) is 0 Å². The molecule has 0 radical (unpaired) electrons. The average molecular weight is 306 g/mol. The predicted molar refractivity (Wildman–Crippen MR) is 80.4 cm³/mol. The minimum absolute atomic E-state index is 0.221. The van der Waals surface area contributed by atoms with Crippen LogP contribution in [0, 0.1) is 0 Å². The van der Waals surface area contributed by atoms with E-state index >= 15 is 0 Å². The van der Waals surface area contributed by atoms with Gasteiger partial charge in [-0.2, -0.15) is 0 Å². The molecular weight excluding hydrogens is 277 g/mol. The Bertz CT molecular complexity index is 355. The van der Waals surface area contributed by atoms with Gasteiger partial charge < -0.3 is 9.38 Å². The molecule has 1 unspecified atom stereocenters. The summed E-state index contributed by atoms with van der Waals surface area (Å²) in [6, 6.07) is 0. The van der Waals surface area contributed by atoms with Crippen molar-refractivity contribution in [2.24, 2.45) is 0 Å². The standard InChI is InChI=1S/C14H28NO4P/c1-15(2,3)11-13-19-20(16,17)18-12-7-10-14-8-5-4-6-9-14/h10H,4-9,11-13H2,1-3H3/p+1. The quantitative estimate of drug-likeness (QED) is 0.324. The molecule has 0 amide bonds. The van der Waals surface area contributed by atoms with E-state index in [0.717, 1.165) is 12.8 Å². The van der Waals surface area contributed by atoms with E-state index in [1.807, 2.05) is 21.1 Å². The summed E-state index contributed by atoms with van der Waals surface area (Å²) in [7, 11) is 2.12. The zero-order chi connectivity index (χ0) is 15.1. The third-order valence-electron chi connectivity index (χ3n) is 3.32. The summed E-state index contributed by atoms with van der Waals surface area (Å²) >= 11 is 0. The van der Waals surface area contributed by atoms with Crippen LogP contribution in [-0.2, 0) is 13.6 Å². The van der Waals surface area contributed by atoms with Gasteiger partial charge in [0.15, 0.2) is 0 Å². The molecule has 1 rings (SSSR count). The second kappa shape index (κ2) is 8.30. The Balaban J connectivity index is 2.17. The fourth-order valence-electron chi connectivity index (χ4n) is 2.11. The summed E-state index contributed by atoms with van der Waals surface area (Å²) in [6.45, 7) is 1.12. The van der Waals surface area contributed by atoms with Gasteiger partial charge in [0.25, 0.3) is 0 Å². The lowest BCUT2D eigenvalue weighted by Gasteiger charge is -2.24. The van der Waals surface area contributed by atoms with Gasteiger partial charge in [-0.05, 0) is 32.1 Å². The molecule has 0 bridgehead atoms. The van der Waals surface area contributed by atoms with Crippen LogP contribution in [0.2, 0.25) is 0 Å². The third-order valence-corrected chi connectivity index (χ3v) is 4.34. The van der Waals surface area contributed by atoms with E-state index in [0.29, 0.717) is 17.4 Å². The molecule has 1 saturated carbocycles. The molecule has 1 aliphatic carbocycles. The molecule has 0 heterocycles. The lowest BCUT2D eigenvalue weighted by molar-refractivity contribution is -0.870. The number of likely N-dealkylation sites (N-methyl/N-ethyl adjacent to an activating group) is 1. The molecule has 20 heavy (non-hydrogen) atoms. The first-order valence-corrected chi connectivity index (χ1v) is 8.88. The van der Waals surface area contributed by atoms with Crippen molar-refractivity contribution in [2.45, 2.75) is 38.5 Å². The van der Waals surface area contributed by atoms with Crippen LogP contribution in [0.15, 0.2) is 11.6 Å². The van der Waals surface area contributed by atoms with Crippen LogP contribution < -0.4 is 0 Å². The molecule has 0 aliphatic heterocycles. The molecule has 0 spiro atoms. The minimum Gasteiger partial charge on any atom is -0.329 e. The van der Waals surface area contributed by atoms with Crippen LogP contribution in [0.25, 0.3) is 0 Å². The van der Waals surface area contributed by atoms with E-state index < -0.39 is 7.82 Å². The maximum absolute atomic E-state index is 11.6. The van der Waals surface area contributed by atoms with Crippen molar-refractivity contribution < 1.29 is 23.0 Å². The summed E-state index contributed by atoms with van der Waals surface area (Å²) in [5, 5.41) is 0. The van der Waals surface area contributed by atoms with Crippen LogP contribution >= 0.6 is 7.82 Å². The fraction of sp³-hybridized carbons (Fsp3) is 0.857. The number of hydrogen-bond donors (Lipinski definition) is 1. The smallest absolute Gasteiger partial charge is 0.329 e. The highest BCUT2D eigenvalue weighted by molar-refractivity contribution is 7.47. The molecule has 118 valence electrons. The van der Waals surface area contributed by atoms with E-state index in [1.165, 1.54) is 24.8 Å². The average Bonchev–Trinajstić information content (AvgIpc) is 2.34. The first-order chi connectivity index (χ1) is 9.29. The Labute approximate surface area is 122 Å². The predicted octanol–water partition coefficient (Wildman–Crippen LogP) is 3.11. The SMILES string of the molecule is C[N+](C)(C)CCOP(=O)(O)OCCC=C1CCCCC1. The maximum Gasteiger partial charge on any atom is 0.472 e. The van der Waals surface area contributed by atoms with E-state index in [-0.39, 0.29) is 13.2 Å². The summed E-state index contributed by atoms with van der Waals surface area (Å²) < 4.78 is 22.2. The third kappa shape index (κ3) is 8.88. The van der Waals surface area contributed by atoms with Gasteiger partial charge in [0, 0.05) is 0 Å². The number of phosphoric acid groups is 1. The van der Waals surface area contributed by atoms with Crippen molar-refractivity contribution in [1.29, 1.82) is 0 Å². The van der Waals surface area contributed by atoms with Gasteiger partial charge in [-0.25, -0.2) is 4.57 Å². The Kier molecular flexibility index (Phi) is 7.41. The Morgan fingerprint density at radius 1 is 1.15 bits per heavy atom. The van der Waals surface area contributed by atoms with Gasteiger partial charge >= 0.3 is 7.82 Å². The maximum atomic E-state index is 11.6. The molecule has 1 atom stereocenters. The zero-order valence-electron chi connectivity index (χ0n) is 13.0. The number of allylic oxidation sites excluding steroid dienone is 1. The topological polar surface area (TPSA) is 55.8 Å². The summed E-state index contributed by atoms with van der Waals surface area (Å²) in [6.07, 6.45) is 9.00. The Morgan fingerprint density at radius 3 is 2.35 bits per heavy atom. The molecule has 1 N–H and O–H groups in total. The van der Waals surface area contributed by atoms with Crippen molar-refractivity contribution in [2.75, 3.05) is 40.9 Å². The Morgan fingerprint density at radius 2 is 1.75 bits per heavy atom. The molecule has 0 aromatic rings. The summed E-state index contributed by atoms with van der Waals surface area (Å²) in [5.41, 5.74) is 1.46. The van der Waals surface area contributed by atoms with Gasteiger partial charge in [-0.15, -0.1) is 0 Å². The molecular formula is C14H29NO4P+. The normalized spacial score (nSPS) is 19.7. The van der Waals surface area contributed by atoms with Crippen molar-refractivity contribution in [1.82, 2.24) is 0 Å². The van der Waals surface area contributed by atoms with E-state index in [1.54, 1.807) is 0 Å². The molecule has 0 aromatic heterocycles. The number of phosphoric ester groups is 1. The number of rotatable bonds is 8. The van der Waals surface area contributed by atoms with Crippen LogP contribution in [-0.4, -0.2) is 50.3 Å². The molecule has 0 aromatic carbocycles. The van der Waals surface area contributed by atoms with Crippen molar-refractivity contribution in [3.63, 3.8) is 0 Å². The Hall–Kier alpha value is -0.190. The largest absolute Gasteiger partial charge is 0.472 e. The van der Waals surface area contributed by atoms with Crippen LogP contribution in [0.3, 0.4) is 0 Å². The number of hydrogen-bond acceptors (Lipinski definition) is 3. The summed E-state index contributed by atoms with van der Waals surface area (Å²) in [4.78, 5) is 9.53. The first kappa shape index (κ1) is 17.9. The number of quaternary nitrogens is 1. The second-order valence-electron chi connectivity index (χ2n) is 6.36. The molecule has 0 saturated heterocycles. The van der Waals surface area contributed by atoms with Gasteiger partial charge in [0.2, 0.25) is 0 Å². The first-order valence-electron chi connectivity index (χ1n) is 7.39. The second-order valence-corrected chi connectivity index (χ2v) is 7.81.